The van der Waals surface area contributed by atoms with Crippen molar-refractivity contribution in [1.29, 1.82) is 0 Å². The van der Waals surface area contributed by atoms with Crippen molar-refractivity contribution >= 4 is 35.4 Å². The van der Waals surface area contributed by atoms with Gasteiger partial charge in [0.15, 0.2) is 0 Å². The summed E-state index contributed by atoms with van der Waals surface area (Å²) in [7, 11) is 0. The normalized spacial score (nSPS) is 12.6. The van der Waals surface area contributed by atoms with Gasteiger partial charge in [-0.25, -0.2) is 14.8 Å². The molecule has 5 nitrogen and oxygen atoms in total. The first-order valence-electron chi connectivity index (χ1n) is 9.07. The summed E-state index contributed by atoms with van der Waals surface area (Å²) in [4.78, 5) is 19.8. The third-order valence-corrected chi connectivity index (χ3v) is 5.23. The van der Waals surface area contributed by atoms with E-state index in [0.717, 1.165) is 0 Å². The Morgan fingerprint density at radius 1 is 1.07 bits per heavy atom. The second kappa shape index (κ2) is 8.64. The SMILES string of the molecule is O=C(NCC=Cc1cnc(Cl)nc1Cl)OCC1c2ccccc2-c2ccccc21. The highest BCUT2D eigenvalue weighted by molar-refractivity contribution is 6.32. The zero-order chi connectivity index (χ0) is 20.2. The molecular weight excluding hydrogens is 409 g/mol. The van der Waals surface area contributed by atoms with Crippen molar-refractivity contribution in [3.8, 4) is 11.1 Å². The van der Waals surface area contributed by atoms with Gasteiger partial charge in [0.05, 0.1) is 0 Å². The van der Waals surface area contributed by atoms with Gasteiger partial charge in [-0.1, -0.05) is 72.3 Å². The minimum atomic E-state index is -0.477. The van der Waals surface area contributed by atoms with Crippen LogP contribution in [0.25, 0.3) is 17.2 Å². The molecule has 4 rings (SSSR count). The highest BCUT2D eigenvalue weighted by Gasteiger charge is 2.28. The molecule has 1 aromatic heterocycles. The summed E-state index contributed by atoms with van der Waals surface area (Å²) < 4.78 is 5.48. The number of carbonyl (C=O) groups is 1. The van der Waals surface area contributed by atoms with Crippen LogP contribution in [0.15, 0.2) is 60.8 Å². The van der Waals surface area contributed by atoms with Gasteiger partial charge in [-0.3, -0.25) is 0 Å². The molecule has 1 N–H and O–H groups in total. The first-order chi connectivity index (χ1) is 14.1. The van der Waals surface area contributed by atoms with Crippen molar-refractivity contribution in [3.05, 3.63) is 87.9 Å². The van der Waals surface area contributed by atoms with Gasteiger partial charge in [0.25, 0.3) is 0 Å². The lowest BCUT2D eigenvalue weighted by Gasteiger charge is -2.14. The molecule has 0 aliphatic heterocycles. The average molecular weight is 426 g/mol. The van der Waals surface area contributed by atoms with E-state index >= 15 is 0 Å². The number of hydrogen-bond acceptors (Lipinski definition) is 4. The number of hydrogen-bond donors (Lipinski definition) is 1. The summed E-state index contributed by atoms with van der Waals surface area (Å²) >= 11 is 11.6. The maximum Gasteiger partial charge on any atom is 0.407 e. The minimum Gasteiger partial charge on any atom is -0.449 e. The smallest absolute Gasteiger partial charge is 0.407 e. The second-order valence-corrected chi connectivity index (χ2v) is 7.19. The van der Waals surface area contributed by atoms with Crippen molar-refractivity contribution in [3.63, 3.8) is 0 Å². The number of carbonyl (C=O) groups excluding carboxylic acids is 1. The van der Waals surface area contributed by atoms with Gasteiger partial charge in [-0.2, -0.15) is 0 Å². The van der Waals surface area contributed by atoms with Crippen molar-refractivity contribution in [2.75, 3.05) is 13.2 Å². The van der Waals surface area contributed by atoms with E-state index in [0.29, 0.717) is 5.56 Å². The Kier molecular flexibility index (Phi) is 5.79. The molecule has 1 aliphatic carbocycles. The monoisotopic (exact) mass is 425 g/mol. The molecule has 2 aromatic carbocycles. The molecule has 1 amide bonds. The topological polar surface area (TPSA) is 64.1 Å². The number of alkyl carbamates (subject to hydrolysis) is 1. The highest BCUT2D eigenvalue weighted by Crippen LogP contribution is 2.44. The second-order valence-electron chi connectivity index (χ2n) is 6.49. The van der Waals surface area contributed by atoms with Gasteiger partial charge < -0.3 is 10.1 Å². The average Bonchev–Trinajstić information content (AvgIpc) is 3.05. The van der Waals surface area contributed by atoms with Crippen LogP contribution >= 0.6 is 23.2 Å². The Labute approximate surface area is 178 Å². The zero-order valence-corrected chi connectivity index (χ0v) is 16.8. The Hall–Kier alpha value is -2.89. The Bertz CT molecular complexity index is 1040. The lowest BCUT2D eigenvalue weighted by molar-refractivity contribution is 0.144. The van der Waals surface area contributed by atoms with Gasteiger partial charge in [0.2, 0.25) is 5.28 Å². The fourth-order valence-corrected chi connectivity index (χ4v) is 3.81. The summed E-state index contributed by atoms with van der Waals surface area (Å²) in [5.74, 6) is 0.0358. The van der Waals surface area contributed by atoms with Crippen LogP contribution in [0, 0.1) is 0 Å². The Morgan fingerprint density at radius 3 is 2.38 bits per heavy atom. The van der Waals surface area contributed by atoms with Gasteiger partial charge in [0.1, 0.15) is 11.8 Å². The van der Waals surface area contributed by atoms with E-state index in [-0.39, 0.29) is 29.5 Å². The van der Waals surface area contributed by atoms with Crippen LogP contribution in [-0.2, 0) is 4.74 Å². The fraction of sp³-hybridized carbons (Fsp3) is 0.136. The number of ether oxygens (including phenoxy) is 1. The molecule has 0 atom stereocenters. The number of rotatable bonds is 5. The lowest BCUT2D eigenvalue weighted by atomic mass is 9.98. The number of nitrogens with zero attached hydrogens (tertiary/aromatic N) is 2. The molecule has 29 heavy (non-hydrogen) atoms. The summed E-state index contributed by atoms with van der Waals surface area (Å²) in [5.41, 5.74) is 5.37. The number of aromatic nitrogens is 2. The Morgan fingerprint density at radius 2 is 1.72 bits per heavy atom. The van der Waals surface area contributed by atoms with E-state index in [2.05, 4.69) is 39.6 Å². The quantitative estimate of drug-likeness (QED) is 0.442. The van der Waals surface area contributed by atoms with Crippen molar-refractivity contribution < 1.29 is 9.53 Å². The molecule has 7 heteroatoms. The van der Waals surface area contributed by atoms with E-state index in [1.165, 1.54) is 28.5 Å². The summed E-state index contributed by atoms with van der Waals surface area (Å²) in [5, 5.41) is 3.04. The van der Waals surface area contributed by atoms with Crippen LogP contribution in [0.1, 0.15) is 22.6 Å². The molecule has 0 radical (unpaired) electrons. The van der Waals surface area contributed by atoms with Crippen LogP contribution in [0.4, 0.5) is 4.79 Å². The van der Waals surface area contributed by atoms with Crippen LogP contribution in [0.2, 0.25) is 10.4 Å². The van der Waals surface area contributed by atoms with Crippen LogP contribution in [0.5, 0.6) is 0 Å². The largest absolute Gasteiger partial charge is 0.449 e. The van der Waals surface area contributed by atoms with Crippen LogP contribution in [0.3, 0.4) is 0 Å². The molecule has 0 unspecified atom stereocenters. The lowest BCUT2D eigenvalue weighted by Crippen LogP contribution is -2.26. The summed E-state index contributed by atoms with van der Waals surface area (Å²) in [6, 6.07) is 16.4. The molecular formula is C22H17Cl2N3O2. The molecule has 0 fully saturated rings. The summed E-state index contributed by atoms with van der Waals surface area (Å²) in [6.07, 6.45) is 4.49. The van der Waals surface area contributed by atoms with E-state index < -0.39 is 6.09 Å². The van der Waals surface area contributed by atoms with Gasteiger partial charge >= 0.3 is 6.09 Å². The maximum absolute atomic E-state index is 12.1. The fourth-order valence-electron chi connectivity index (χ4n) is 3.44. The predicted octanol–water partition coefficient (Wildman–Crippen LogP) is 5.34. The van der Waals surface area contributed by atoms with Gasteiger partial charge in [0, 0.05) is 24.2 Å². The molecule has 146 valence electrons. The van der Waals surface area contributed by atoms with Crippen molar-refractivity contribution in [1.82, 2.24) is 15.3 Å². The van der Waals surface area contributed by atoms with Gasteiger partial charge in [-0.05, 0) is 33.9 Å². The number of benzene rings is 2. The molecule has 1 heterocycles. The molecule has 1 aliphatic rings. The van der Waals surface area contributed by atoms with Crippen LogP contribution in [-0.4, -0.2) is 29.2 Å². The van der Waals surface area contributed by atoms with E-state index in [4.69, 9.17) is 27.9 Å². The van der Waals surface area contributed by atoms with E-state index in [1.54, 1.807) is 12.2 Å². The maximum atomic E-state index is 12.1. The van der Waals surface area contributed by atoms with Crippen LogP contribution < -0.4 is 5.32 Å². The standard InChI is InChI=1S/C22H17Cl2N3O2/c23-20-14(12-26-21(24)27-20)6-5-11-25-22(28)29-13-19-17-9-3-1-7-15(17)16-8-2-4-10-18(16)19/h1-10,12,19H,11,13H2,(H,25,28). The highest BCUT2D eigenvalue weighted by atomic mass is 35.5. The molecule has 3 aromatic rings. The molecule has 0 saturated carbocycles. The number of nitrogens with one attached hydrogen (secondary N) is 1. The van der Waals surface area contributed by atoms with E-state index in [9.17, 15) is 4.79 Å². The molecule has 0 saturated heterocycles. The first kappa shape index (κ1) is 19.4. The Balaban J connectivity index is 1.34. The first-order valence-corrected chi connectivity index (χ1v) is 9.82. The van der Waals surface area contributed by atoms with Crippen molar-refractivity contribution in [2.24, 2.45) is 0 Å². The van der Waals surface area contributed by atoms with E-state index in [1.807, 2.05) is 24.3 Å². The predicted molar refractivity (Wildman–Crippen MR) is 114 cm³/mol. The van der Waals surface area contributed by atoms with Crippen molar-refractivity contribution in [2.45, 2.75) is 5.92 Å². The minimum absolute atomic E-state index is 0.0358. The zero-order valence-electron chi connectivity index (χ0n) is 15.3. The third-order valence-electron chi connectivity index (χ3n) is 4.74. The number of amides is 1. The molecule has 0 bridgehead atoms. The number of halogens is 2. The third kappa shape index (κ3) is 4.26. The summed E-state index contributed by atoms with van der Waals surface area (Å²) in [6.45, 7) is 0.566. The number of fused-ring (bicyclic) bond motifs is 3. The molecule has 0 spiro atoms. The van der Waals surface area contributed by atoms with Gasteiger partial charge in [-0.15, -0.1) is 0 Å².